The summed E-state index contributed by atoms with van der Waals surface area (Å²) in [6.07, 6.45) is 4.30. The van der Waals surface area contributed by atoms with Crippen molar-refractivity contribution in [2.75, 3.05) is 13.2 Å². The number of aromatic nitrogens is 2. The average Bonchev–Trinajstić information content (AvgIpc) is 2.54. The topological polar surface area (TPSA) is 35.0 Å². The minimum Gasteiger partial charge on any atom is -0.380 e. The normalized spacial score (nSPS) is 27.8. The van der Waals surface area contributed by atoms with Gasteiger partial charge in [0.25, 0.3) is 0 Å². The second-order valence-corrected chi connectivity index (χ2v) is 3.98. The molecule has 0 aromatic carbocycles. The Morgan fingerprint density at radius 2 is 2.38 bits per heavy atom. The molecule has 1 atom stereocenters. The third-order valence-electron chi connectivity index (χ3n) is 2.44. The lowest BCUT2D eigenvalue weighted by Crippen LogP contribution is -2.23. The van der Waals surface area contributed by atoms with E-state index >= 15 is 0 Å². The quantitative estimate of drug-likeness (QED) is 0.691. The zero-order chi connectivity index (χ0) is 9.31. The van der Waals surface area contributed by atoms with Crippen LogP contribution < -0.4 is 0 Å². The van der Waals surface area contributed by atoms with Crippen LogP contribution in [0, 0.1) is 0 Å². The SMILES string of the molecule is CC1(c2cncc(Cl)n2)CCOC1. The molecule has 2 rings (SSSR count). The minimum atomic E-state index is -0.00208. The van der Waals surface area contributed by atoms with Gasteiger partial charge in [-0.15, -0.1) is 0 Å². The standard InChI is InChI=1S/C9H11ClN2O/c1-9(2-3-13-6-9)7-4-11-5-8(10)12-7/h4-5H,2-3,6H2,1H3. The predicted octanol–water partition coefficient (Wildman–Crippen LogP) is 1.81. The second kappa shape index (κ2) is 3.24. The van der Waals surface area contributed by atoms with Crippen molar-refractivity contribution in [2.24, 2.45) is 0 Å². The maximum Gasteiger partial charge on any atom is 0.147 e. The van der Waals surface area contributed by atoms with Gasteiger partial charge in [-0.1, -0.05) is 18.5 Å². The molecule has 2 heterocycles. The molecular formula is C9H11ClN2O. The number of ether oxygens (including phenoxy) is 1. The molecule has 0 bridgehead atoms. The van der Waals surface area contributed by atoms with E-state index in [0.29, 0.717) is 11.8 Å². The van der Waals surface area contributed by atoms with Gasteiger partial charge >= 0.3 is 0 Å². The molecule has 0 N–H and O–H groups in total. The first-order chi connectivity index (χ1) is 6.21. The van der Waals surface area contributed by atoms with Gasteiger partial charge < -0.3 is 4.74 Å². The fourth-order valence-electron chi connectivity index (χ4n) is 1.50. The Hall–Kier alpha value is -0.670. The first kappa shape index (κ1) is 8.91. The summed E-state index contributed by atoms with van der Waals surface area (Å²) >= 11 is 5.77. The number of halogens is 1. The van der Waals surface area contributed by atoms with Crippen molar-refractivity contribution in [1.29, 1.82) is 0 Å². The van der Waals surface area contributed by atoms with Crippen LogP contribution >= 0.6 is 11.6 Å². The van der Waals surface area contributed by atoms with Crippen LogP contribution in [0.3, 0.4) is 0 Å². The lowest BCUT2D eigenvalue weighted by Gasteiger charge is -2.19. The summed E-state index contributed by atoms with van der Waals surface area (Å²) in [6.45, 7) is 3.63. The predicted molar refractivity (Wildman–Crippen MR) is 49.8 cm³/mol. The van der Waals surface area contributed by atoms with Crippen molar-refractivity contribution in [3.8, 4) is 0 Å². The molecule has 1 aromatic heterocycles. The average molecular weight is 199 g/mol. The molecule has 1 saturated heterocycles. The van der Waals surface area contributed by atoms with Gasteiger partial charge in [0, 0.05) is 18.2 Å². The van der Waals surface area contributed by atoms with Crippen LogP contribution in [-0.4, -0.2) is 23.2 Å². The van der Waals surface area contributed by atoms with E-state index in [2.05, 4.69) is 16.9 Å². The zero-order valence-corrected chi connectivity index (χ0v) is 8.21. The lowest BCUT2D eigenvalue weighted by molar-refractivity contribution is 0.180. The summed E-state index contributed by atoms with van der Waals surface area (Å²) < 4.78 is 5.34. The lowest BCUT2D eigenvalue weighted by atomic mass is 9.86. The molecule has 1 aromatic rings. The number of hydrogen-bond donors (Lipinski definition) is 0. The van der Waals surface area contributed by atoms with Crippen molar-refractivity contribution in [2.45, 2.75) is 18.8 Å². The number of hydrogen-bond acceptors (Lipinski definition) is 3. The molecule has 0 aliphatic carbocycles. The van der Waals surface area contributed by atoms with Crippen molar-refractivity contribution in [3.05, 3.63) is 23.2 Å². The van der Waals surface area contributed by atoms with E-state index < -0.39 is 0 Å². The largest absolute Gasteiger partial charge is 0.380 e. The Labute approximate surface area is 82.1 Å². The highest BCUT2D eigenvalue weighted by molar-refractivity contribution is 6.29. The van der Waals surface area contributed by atoms with Crippen LogP contribution in [0.2, 0.25) is 5.15 Å². The Balaban J connectivity index is 2.33. The molecule has 0 saturated carbocycles. The maximum absolute atomic E-state index is 5.77. The minimum absolute atomic E-state index is 0.00208. The Kier molecular flexibility index (Phi) is 2.22. The van der Waals surface area contributed by atoms with Crippen LogP contribution in [0.15, 0.2) is 12.4 Å². The first-order valence-corrected chi connectivity index (χ1v) is 4.64. The fourth-order valence-corrected chi connectivity index (χ4v) is 1.65. The van der Waals surface area contributed by atoms with E-state index in [4.69, 9.17) is 16.3 Å². The number of nitrogens with zero attached hydrogens (tertiary/aromatic N) is 2. The third kappa shape index (κ3) is 1.67. The van der Waals surface area contributed by atoms with Gasteiger partial charge in [-0.3, -0.25) is 4.98 Å². The van der Waals surface area contributed by atoms with Crippen LogP contribution in [0.25, 0.3) is 0 Å². The molecular weight excluding hydrogens is 188 g/mol. The van der Waals surface area contributed by atoms with Gasteiger partial charge in [-0.05, 0) is 6.42 Å². The third-order valence-corrected chi connectivity index (χ3v) is 2.62. The Bertz CT molecular complexity index is 310. The summed E-state index contributed by atoms with van der Waals surface area (Å²) in [4.78, 5) is 8.27. The highest BCUT2D eigenvalue weighted by Gasteiger charge is 2.33. The highest BCUT2D eigenvalue weighted by Crippen LogP contribution is 2.31. The van der Waals surface area contributed by atoms with E-state index in [1.807, 2.05) is 0 Å². The summed E-state index contributed by atoms with van der Waals surface area (Å²) in [5.74, 6) is 0. The molecule has 4 heteroatoms. The van der Waals surface area contributed by atoms with E-state index in [1.54, 1.807) is 12.4 Å². The molecule has 0 spiro atoms. The second-order valence-electron chi connectivity index (χ2n) is 3.59. The van der Waals surface area contributed by atoms with Gasteiger partial charge in [0.15, 0.2) is 0 Å². The van der Waals surface area contributed by atoms with Crippen molar-refractivity contribution >= 4 is 11.6 Å². The smallest absolute Gasteiger partial charge is 0.147 e. The van der Waals surface area contributed by atoms with Gasteiger partial charge in [0.2, 0.25) is 0 Å². The van der Waals surface area contributed by atoms with Crippen molar-refractivity contribution < 1.29 is 4.74 Å². The van der Waals surface area contributed by atoms with E-state index in [-0.39, 0.29) is 5.41 Å². The van der Waals surface area contributed by atoms with E-state index in [9.17, 15) is 0 Å². The van der Waals surface area contributed by atoms with E-state index in [1.165, 1.54) is 0 Å². The molecule has 3 nitrogen and oxygen atoms in total. The molecule has 70 valence electrons. The van der Waals surface area contributed by atoms with Crippen molar-refractivity contribution in [3.63, 3.8) is 0 Å². The summed E-state index contributed by atoms with van der Waals surface area (Å²) in [5.41, 5.74) is 0.926. The zero-order valence-electron chi connectivity index (χ0n) is 7.46. The van der Waals surface area contributed by atoms with E-state index in [0.717, 1.165) is 18.7 Å². The van der Waals surface area contributed by atoms with Crippen LogP contribution in [-0.2, 0) is 10.2 Å². The van der Waals surface area contributed by atoms with Crippen LogP contribution in [0.1, 0.15) is 19.0 Å². The molecule has 0 amide bonds. The molecule has 0 radical (unpaired) electrons. The fraction of sp³-hybridized carbons (Fsp3) is 0.556. The van der Waals surface area contributed by atoms with Gasteiger partial charge in [-0.25, -0.2) is 4.98 Å². The molecule has 1 aliphatic rings. The summed E-state index contributed by atoms with van der Waals surface area (Å²) in [5, 5.41) is 0.450. The highest BCUT2D eigenvalue weighted by atomic mass is 35.5. The molecule has 13 heavy (non-hydrogen) atoms. The molecule has 1 unspecified atom stereocenters. The van der Waals surface area contributed by atoms with Crippen LogP contribution in [0.5, 0.6) is 0 Å². The van der Waals surface area contributed by atoms with Gasteiger partial charge in [0.05, 0.1) is 18.5 Å². The maximum atomic E-state index is 5.77. The first-order valence-electron chi connectivity index (χ1n) is 4.26. The summed E-state index contributed by atoms with van der Waals surface area (Å²) in [7, 11) is 0. The molecule has 1 aliphatic heterocycles. The Morgan fingerprint density at radius 3 is 3.00 bits per heavy atom. The number of rotatable bonds is 1. The van der Waals surface area contributed by atoms with Crippen LogP contribution in [0.4, 0.5) is 0 Å². The van der Waals surface area contributed by atoms with Gasteiger partial charge in [-0.2, -0.15) is 0 Å². The van der Waals surface area contributed by atoms with Gasteiger partial charge in [0.1, 0.15) is 5.15 Å². The Morgan fingerprint density at radius 1 is 1.54 bits per heavy atom. The van der Waals surface area contributed by atoms with Crippen molar-refractivity contribution in [1.82, 2.24) is 9.97 Å². The monoisotopic (exact) mass is 198 g/mol. The molecule has 1 fully saturated rings. The summed E-state index contributed by atoms with van der Waals surface area (Å²) in [6, 6.07) is 0.